The highest BCUT2D eigenvalue weighted by atomic mass is 32.1. The van der Waals surface area contributed by atoms with Gasteiger partial charge in [0, 0.05) is 17.5 Å². The quantitative estimate of drug-likeness (QED) is 0.756. The maximum Gasteiger partial charge on any atom is 0.225 e. The zero-order chi connectivity index (χ0) is 12.4. The van der Waals surface area contributed by atoms with Crippen LogP contribution in [0.5, 0.6) is 0 Å². The molecule has 0 spiro atoms. The van der Waals surface area contributed by atoms with E-state index in [1.165, 1.54) is 0 Å². The number of aromatic amines is 1. The number of aromatic nitrogens is 4. The fraction of sp³-hybridized carbons (Fsp3) is 0.250. The van der Waals surface area contributed by atoms with Crippen molar-refractivity contribution in [2.24, 2.45) is 0 Å². The van der Waals surface area contributed by atoms with Gasteiger partial charge in [-0.3, -0.25) is 5.10 Å². The van der Waals surface area contributed by atoms with Crippen LogP contribution in [-0.4, -0.2) is 26.7 Å². The van der Waals surface area contributed by atoms with Gasteiger partial charge in [-0.2, -0.15) is 21.4 Å². The highest BCUT2D eigenvalue weighted by Crippen LogP contribution is 2.27. The molecule has 0 fully saturated rings. The Labute approximate surface area is 108 Å². The molecule has 0 amide bonds. The Kier molecular flexibility index (Phi) is 2.93. The van der Waals surface area contributed by atoms with Gasteiger partial charge in [-0.15, -0.1) is 0 Å². The Morgan fingerprint density at radius 3 is 3.11 bits per heavy atom. The lowest BCUT2D eigenvalue weighted by Crippen LogP contribution is -2.05. The normalized spacial score (nSPS) is 10.9. The molecular weight excluding hydrogens is 246 g/mol. The lowest BCUT2D eigenvalue weighted by molar-refractivity contribution is 0.955. The van der Waals surface area contributed by atoms with Gasteiger partial charge in [-0.25, -0.2) is 4.98 Å². The van der Waals surface area contributed by atoms with Crippen LogP contribution in [0.1, 0.15) is 13.3 Å². The SMILES string of the molecule is CCCNc1nc(-c2ccsc2)c2cn[nH]c2n1. The van der Waals surface area contributed by atoms with Crippen LogP contribution < -0.4 is 5.32 Å². The van der Waals surface area contributed by atoms with E-state index in [9.17, 15) is 0 Å². The zero-order valence-electron chi connectivity index (χ0n) is 9.97. The molecule has 3 aromatic rings. The molecule has 0 radical (unpaired) electrons. The molecule has 0 aliphatic carbocycles. The molecule has 0 atom stereocenters. The zero-order valence-corrected chi connectivity index (χ0v) is 10.8. The van der Waals surface area contributed by atoms with Crippen LogP contribution in [0.2, 0.25) is 0 Å². The van der Waals surface area contributed by atoms with Gasteiger partial charge in [0.05, 0.1) is 17.3 Å². The second-order valence-electron chi connectivity index (χ2n) is 3.97. The number of hydrogen-bond donors (Lipinski definition) is 2. The second kappa shape index (κ2) is 4.73. The molecule has 0 saturated carbocycles. The molecule has 6 heteroatoms. The van der Waals surface area contributed by atoms with Crippen LogP contribution in [0.3, 0.4) is 0 Å². The first-order valence-electron chi connectivity index (χ1n) is 5.86. The molecule has 3 heterocycles. The van der Waals surface area contributed by atoms with Crippen molar-refractivity contribution in [3.05, 3.63) is 23.0 Å². The largest absolute Gasteiger partial charge is 0.354 e. The van der Waals surface area contributed by atoms with Crippen molar-refractivity contribution < 1.29 is 0 Å². The van der Waals surface area contributed by atoms with Crippen LogP contribution in [-0.2, 0) is 0 Å². The summed E-state index contributed by atoms with van der Waals surface area (Å²) in [5, 5.41) is 15.2. The minimum atomic E-state index is 0.648. The molecular formula is C12H13N5S. The van der Waals surface area contributed by atoms with E-state index in [4.69, 9.17) is 0 Å². The van der Waals surface area contributed by atoms with E-state index < -0.39 is 0 Å². The molecule has 0 unspecified atom stereocenters. The number of nitrogens with zero attached hydrogens (tertiary/aromatic N) is 3. The third-order valence-corrected chi connectivity index (χ3v) is 3.32. The van der Waals surface area contributed by atoms with Crippen LogP contribution in [0.15, 0.2) is 23.0 Å². The highest BCUT2D eigenvalue weighted by molar-refractivity contribution is 7.08. The smallest absolute Gasteiger partial charge is 0.225 e. The van der Waals surface area contributed by atoms with Crippen molar-refractivity contribution in [3.8, 4) is 11.3 Å². The van der Waals surface area contributed by atoms with E-state index in [1.807, 2.05) is 5.38 Å². The minimum Gasteiger partial charge on any atom is -0.354 e. The third-order valence-electron chi connectivity index (χ3n) is 2.64. The molecule has 3 aromatic heterocycles. The first-order valence-corrected chi connectivity index (χ1v) is 6.80. The Balaban J connectivity index is 2.12. The van der Waals surface area contributed by atoms with E-state index in [-0.39, 0.29) is 0 Å². The molecule has 0 aromatic carbocycles. The molecule has 2 N–H and O–H groups in total. The Hall–Kier alpha value is -1.95. The maximum atomic E-state index is 4.58. The van der Waals surface area contributed by atoms with Gasteiger partial charge in [0.2, 0.25) is 5.95 Å². The lowest BCUT2D eigenvalue weighted by Gasteiger charge is -2.05. The molecule has 5 nitrogen and oxygen atoms in total. The van der Waals surface area contributed by atoms with E-state index in [1.54, 1.807) is 17.5 Å². The highest BCUT2D eigenvalue weighted by Gasteiger charge is 2.11. The number of hydrogen-bond acceptors (Lipinski definition) is 5. The first kappa shape index (κ1) is 11.2. The topological polar surface area (TPSA) is 66.5 Å². The summed E-state index contributed by atoms with van der Waals surface area (Å²) in [4.78, 5) is 8.98. The molecule has 0 bridgehead atoms. The van der Waals surface area contributed by atoms with E-state index in [0.717, 1.165) is 35.3 Å². The average Bonchev–Trinajstić information content (AvgIpc) is 3.05. The first-order chi connectivity index (χ1) is 8.88. The van der Waals surface area contributed by atoms with Gasteiger partial charge in [-0.1, -0.05) is 6.92 Å². The van der Waals surface area contributed by atoms with Gasteiger partial charge in [0.1, 0.15) is 0 Å². The van der Waals surface area contributed by atoms with Gasteiger partial charge >= 0.3 is 0 Å². The van der Waals surface area contributed by atoms with Crippen LogP contribution in [0.25, 0.3) is 22.3 Å². The molecule has 0 aliphatic heterocycles. The number of fused-ring (bicyclic) bond motifs is 1. The van der Waals surface area contributed by atoms with Crippen molar-refractivity contribution in [3.63, 3.8) is 0 Å². The molecule has 0 aliphatic rings. The summed E-state index contributed by atoms with van der Waals surface area (Å²) in [6.45, 7) is 2.98. The summed E-state index contributed by atoms with van der Waals surface area (Å²) >= 11 is 1.66. The third kappa shape index (κ3) is 1.95. The van der Waals surface area contributed by atoms with Crippen molar-refractivity contribution in [2.45, 2.75) is 13.3 Å². The standard InChI is InChI=1S/C12H13N5S/c1-2-4-13-12-15-10(8-3-5-18-7-8)9-6-14-17-11(9)16-12/h3,5-7H,2,4H2,1H3,(H2,13,14,15,16,17). The number of rotatable bonds is 4. The summed E-state index contributed by atoms with van der Waals surface area (Å²) in [5.41, 5.74) is 2.80. The summed E-state index contributed by atoms with van der Waals surface area (Å²) in [6, 6.07) is 2.06. The second-order valence-corrected chi connectivity index (χ2v) is 4.75. The predicted octanol–water partition coefficient (Wildman–Crippen LogP) is 2.90. The van der Waals surface area contributed by atoms with Gasteiger partial charge in [-0.05, 0) is 17.9 Å². The van der Waals surface area contributed by atoms with Gasteiger partial charge in [0.25, 0.3) is 0 Å². The molecule has 92 valence electrons. The van der Waals surface area contributed by atoms with Crippen molar-refractivity contribution in [1.29, 1.82) is 0 Å². The predicted molar refractivity (Wildman–Crippen MR) is 73.8 cm³/mol. The molecule has 0 saturated heterocycles. The van der Waals surface area contributed by atoms with Gasteiger partial charge in [0.15, 0.2) is 5.65 Å². The Bertz CT molecular complexity index is 644. The average molecular weight is 259 g/mol. The lowest BCUT2D eigenvalue weighted by atomic mass is 10.2. The number of anilines is 1. The fourth-order valence-corrected chi connectivity index (χ4v) is 2.41. The number of thiophene rings is 1. The van der Waals surface area contributed by atoms with E-state index >= 15 is 0 Å². The van der Waals surface area contributed by atoms with Crippen LogP contribution in [0.4, 0.5) is 5.95 Å². The molecule has 18 heavy (non-hydrogen) atoms. The van der Waals surface area contributed by atoms with Crippen LogP contribution in [0, 0.1) is 0 Å². The fourth-order valence-electron chi connectivity index (χ4n) is 1.77. The summed E-state index contributed by atoms with van der Waals surface area (Å²) in [6.07, 6.45) is 2.81. The van der Waals surface area contributed by atoms with Crippen molar-refractivity contribution >= 4 is 28.3 Å². The minimum absolute atomic E-state index is 0.648. The van der Waals surface area contributed by atoms with E-state index in [2.05, 4.69) is 43.9 Å². The monoisotopic (exact) mass is 259 g/mol. The van der Waals surface area contributed by atoms with Crippen LogP contribution >= 0.6 is 11.3 Å². The van der Waals surface area contributed by atoms with Gasteiger partial charge < -0.3 is 5.32 Å². The van der Waals surface area contributed by atoms with Crippen molar-refractivity contribution in [1.82, 2.24) is 20.2 Å². The maximum absolute atomic E-state index is 4.58. The Morgan fingerprint density at radius 2 is 2.33 bits per heavy atom. The summed E-state index contributed by atoms with van der Waals surface area (Å²) in [7, 11) is 0. The van der Waals surface area contributed by atoms with E-state index in [0.29, 0.717) is 5.95 Å². The van der Waals surface area contributed by atoms with Crippen molar-refractivity contribution in [2.75, 3.05) is 11.9 Å². The summed E-state index contributed by atoms with van der Waals surface area (Å²) in [5.74, 6) is 0.648. The number of nitrogens with one attached hydrogen (secondary N) is 2. The Morgan fingerprint density at radius 1 is 1.39 bits per heavy atom. The number of H-pyrrole nitrogens is 1. The summed E-state index contributed by atoms with van der Waals surface area (Å²) < 4.78 is 0. The molecule has 3 rings (SSSR count).